The zero-order chi connectivity index (χ0) is 14.1. The molecule has 0 radical (unpaired) electrons. The molecule has 0 fully saturated rings. The molecule has 2 amide bonds. The molecular weight excluding hydrogens is 246 g/mol. The van der Waals surface area contributed by atoms with E-state index in [1.165, 1.54) is 0 Å². The Kier molecular flexibility index (Phi) is 6.43. The number of carbonyl (C=O) groups excluding carboxylic acids is 2. The standard InChI is InChI=1S/C14H19NO4/c1-3-10-18-13(16)15(14(17)19-11-4-2)12-8-6-5-7-9-12/h5-9H,3-4,10-11H2,1-2H3. The largest absolute Gasteiger partial charge is 0.449 e. The fraction of sp³-hybridized carbons (Fsp3) is 0.429. The zero-order valence-electron chi connectivity index (χ0n) is 11.3. The lowest BCUT2D eigenvalue weighted by molar-refractivity contribution is 0.134. The predicted molar refractivity (Wildman–Crippen MR) is 72.2 cm³/mol. The molecule has 19 heavy (non-hydrogen) atoms. The summed E-state index contributed by atoms with van der Waals surface area (Å²) in [5.74, 6) is 0. The SMILES string of the molecule is CCCOC(=O)N(C(=O)OCCC)c1ccccc1. The highest BCUT2D eigenvalue weighted by atomic mass is 16.6. The number of imide groups is 1. The normalized spacial score (nSPS) is 9.79. The summed E-state index contributed by atoms with van der Waals surface area (Å²) in [5, 5.41) is 0. The van der Waals surface area contributed by atoms with Gasteiger partial charge in [0, 0.05) is 0 Å². The van der Waals surface area contributed by atoms with E-state index < -0.39 is 12.2 Å². The van der Waals surface area contributed by atoms with Crippen LogP contribution in [0.1, 0.15) is 26.7 Å². The van der Waals surface area contributed by atoms with E-state index in [1.54, 1.807) is 30.3 Å². The molecule has 0 N–H and O–H groups in total. The smallest absolute Gasteiger partial charge is 0.424 e. The van der Waals surface area contributed by atoms with E-state index in [4.69, 9.17) is 9.47 Å². The van der Waals surface area contributed by atoms with Gasteiger partial charge in [-0.25, -0.2) is 9.59 Å². The molecule has 1 rings (SSSR count). The quantitative estimate of drug-likeness (QED) is 0.816. The summed E-state index contributed by atoms with van der Waals surface area (Å²) in [6.07, 6.45) is -0.0418. The molecule has 0 saturated heterocycles. The number of para-hydroxylation sites is 1. The van der Waals surface area contributed by atoms with Crippen LogP contribution in [-0.4, -0.2) is 25.4 Å². The Balaban J connectivity index is 2.84. The highest BCUT2D eigenvalue weighted by Gasteiger charge is 2.26. The first kappa shape index (κ1) is 15.0. The Morgan fingerprint density at radius 1 is 0.947 bits per heavy atom. The molecule has 0 bridgehead atoms. The van der Waals surface area contributed by atoms with Gasteiger partial charge < -0.3 is 9.47 Å². The van der Waals surface area contributed by atoms with Crippen molar-refractivity contribution < 1.29 is 19.1 Å². The Labute approximate surface area is 113 Å². The van der Waals surface area contributed by atoms with Crippen LogP contribution in [0, 0.1) is 0 Å². The molecule has 0 aromatic heterocycles. The van der Waals surface area contributed by atoms with Gasteiger partial charge in [0.1, 0.15) is 0 Å². The summed E-state index contributed by atoms with van der Waals surface area (Å²) in [5.41, 5.74) is 0.435. The van der Waals surface area contributed by atoms with E-state index in [2.05, 4.69) is 0 Å². The lowest BCUT2D eigenvalue weighted by atomic mass is 10.3. The lowest BCUT2D eigenvalue weighted by Crippen LogP contribution is -2.38. The van der Waals surface area contributed by atoms with E-state index in [0.717, 1.165) is 4.90 Å². The van der Waals surface area contributed by atoms with Crippen molar-refractivity contribution in [1.82, 2.24) is 0 Å². The van der Waals surface area contributed by atoms with Crippen LogP contribution in [-0.2, 0) is 9.47 Å². The summed E-state index contributed by atoms with van der Waals surface area (Å²) in [7, 11) is 0. The topological polar surface area (TPSA) is 55.8 Å². The fourth-order valence-corrected chi connectivity index (χ4v) is 1.37. The van der Waals surface area contributed by atoms with E-state index >= 15 is 0 Å². The maximum absolute atomic E-state index is 11.9. The molecule has 0 unspecified atom stereocenters. The Morgan fingerprint density at radius 3 is 1.84 bits per heavy atom. The average molecular weight is 265 g/mol. The second-order valence-corrected chi connectivity index (χ2v) is 3.90. The number of hydrogen-bond donors (Lipinski definition) is 0. The van der Waals surface area contributed by atoms with Crippen LogP contribution in [0.5, 0.6) is 0 Å². The number of benzene rings is 1. The molecule has 5 heteroatoms. The number of nitrogens with zero attached hydrogens (tertiary/aromatic N) is 1. The van der Waals surface area contributed by atoms with Gasteiger partial charge >= 0.3 is 12.2 Å². The maximum atomic E-state index is 11.9. The molecule has 5 nitrogen and oxygen atoms in total. The van der Waals surface area contributed by atoms with Gasteiger partial charge in [0.2, 0.25) is 0 Å². The van der Waals surface area contributed by atoms with Crippen LogP contribution in [0.15, 0.2) is 30.3 Å². The number of ether oxygens (including phenoxy) is 2. The first-order valence-corrected chi connectivity index (χ1v) is 6.39. The summed E-state index contributed by atoms with van der Waals surface area (Å²) < 4.78 is 9.99. The molecule has 0 atom stereocenters. The van der Waals surface area contributed by atoms with Crippen molar-refractivity contribution in [3.63, 3.8) is 0 Å². The number of anilines is 1. The van der Waals surface area contributed by atoms with Crippen molar-refractivity contribution in [2.24, 2.45) is 0 Å². The predicted octanol–water partition coefficient (Wildman–Crippen LogP) is 3.59. The Bertz CT molecular complexity index is 385. The lowest BCUT2D eigenvalue weighted by Gasteiger charge is -2.19. The Hall–Kier alpha value is -2.04. The van der Waals surface area contributed by atoms with E-state index in [9.17, 15) is 9.59 Å². The van der Waals surface area contributed by atoms with Gasteiger partial charge in [-0.1, -0.05) is 32.0 Å². The van der Waals surface area contributed by atoms with Crippen molar-refractivity contribution >= 4 is 17.9 Å². The van der Waals surface area contributed by atoms with Gasteiger partial charge in [-0.3, -0.25) is 0 Å². The molecule has 104 valence electrons. The van der Waals surface area contributed by atoms with Crippen molar-refractivity contribution in [3.8, 4) is 0 Å². The van der Waals surface area contributed by atoms with Crippen molar-refractivity contribution in [2.75, 3.05) is 18.1 Å². The molecule has 0 heterocycles. The van der Waals surface area contributed by atoms with Crippen LogP contribution in [0.2, 0.25) is 0 Å². The minimum absolute atomic E-state index is 0.267. The molecule has 1 aromatic rings. The highest BCUT2D eigenvalue weighted by molar-refractivity contribution is 6.09. The average Bonchev–Trinajstić information content (AvgIpc) is 2.44. The number of carbonyl (C=O) groups is 2. The Morgan fingerprint density at radius 2 is 1.42 bits per heavy atom. The molecule has 0 aliphatic carbocycles. The first-order chi connectivity index (χ1) is 9.20. The summed E-state index contributed by atoms with van der Waals surface area (Å²) in [4.78, 5) is 24.7. The monoisotopic (exact) mass is 265 g/mol. The van der Waals surface area contributed by atoms with Crippen molar-refractivity contribution in [3.05, 3.63) is 30.3 Å². The van der Waals surface area contributed by atoms with Crippen LogP contribution in [0.4, 0.5) is 15.3 Å². The maximum Gasteiger partial charge on any atom is 0.424 e. The van der Waals surface area contributed by atoms with Crippen molar-refractivity contribution in [1.29, 1.82) is 0 Å². The third-order valence-electron chi connectivity index (χ3n) is 2.24. The molecule has 1 aromatic carbocycles. The van der Waals surface area contributed by atoms with Gasteiger partial charge in [-0.15, -0.1) is 0 Å². The van der Waals surface area contributed by atoms with Crippen molar-refractivity contribution in [2.45, 2.75) is 26.7 Å². The highest BCUT2D eigenvalue weighted by Crippen LogP contribution is 2.16. The van der Waals surface area contributed by atoms with Gasteiger partial charge in [-0.05, 0) is 25.0 Å². The summed E-state index contributed by atoms with van der Waals surface area (Å²) in [6.45, 7) is 4.30. The summed E-state index contributed by atoms with van der Waals surface area (Å²) in [6, 6.07) is 8.59. The van der Waals surface area contributed by atoms with E-state index in [-0.39, 0.29) is 13.2 Å². The fourth-order valence-electron chi connectivity index (χ4n) is 1.37. The molecule has 0 saturated carbocycles. The van der Waals surface area contributed by atoms with E-state index in [1.807, 2.05) is 13.8 Å². The number of hydrogen-bond acceptors (Lipinski definition) is 4. The van der Waals surface area contributed by atoms with Crippen LogP contribution in [0.3, 0.4) is 0 Å². The third-order valence-corrected chi connectivity index (χ3v) is 2.24. The minimum atomic E-state index is -0.714. The van der Waals surface area contributed by atoms with Crippen LogP contribution >= 0.6 is 0 Å². The van der Waals surface area contributed by atoms with E-state index in [0.29, 0.717) is 18.5 Å². The zero-order valence-corrected chi connectivity index (χ0v) is 11.3. The molecule has 0 aliphatic heterocycles. The summed E-state index contributed by atoms with van der Waals surface area (Å²) >= 11 is 0. The van der Waals surface area contributed by atoms with Gasteiger partial charge in [-0.2, -0.15) is 4.90 Å². The molecule has 0 aliphatic rings. The number of rotatable bonds is 5. The molecular formula is C14H19NO4. The van der Waals surface area contributed by atoms with Gasteiger partial charge in [0.15, 0.2) is 0 Å². The molecule has 0 spiro atoms. The third kappa shape index (κ3) is 4.62. The van der Waals surface area contributed by atoms with Gasteiger partial charge in [0.25, 0.3) is 0 Å². The van der Waals surface area contributed by atoms with Crippen LogP contribution in [0.25, 0.3) is 0 Å². The second-order valence-electron chi connectivity index (χ2n) is 3.90. The minimum Gasteiger partial charge on any atom is -0.449 e. The second kappa shape index (κ2) is 8.13. The first-order valence-electron chi connectivity index (χ1n) is 6.39. The number of amides is 2. The van der Waals surface area contributed by atoms with Crippen LogP contribution < -0.4 is 4.90 Å². The van der Waals surface area contributed by atoms with Gasteiger partial charge in [0.05, 0.1) is 18.9 Å².